The number of carbonyl (C=O) groups is 3. The van der Waals surface area contributed by atoms with Gasteiger partial charge in [-0.3, -0.25) is 24.2 Å². The van der Waals surface area contributed by atoms with E-state index in [2.05, 4.69) is 12.2 Å². The molecular formula is C27H26N2O4. The van der Waals surface area contributed by atoms with Crippen LogP contribution in [0, 0.1) is 42.4 Å². The van der Waals surface area contributed by atoms with Gasteiger partial charge in [0.1, 0.15) is 12.4 Å². The quantitative estimate of drug-likeness (QED) is 0.524. The molecule has 0 spiro atoms. The zero-order valence-electron chi connectivity index (χ0n) is 18.7. The summed E-state index contributed by atoms with van der Waals surface area (Å²) in [5.41, 5.74) is 2.15. The molecule has 5 aliphatic rings. The fourth-order valence-electron chi connectivity index (χ4n) is 6.20. The maximum Gasteiger partial charge on any atom is 0.259 e. The van der Waals surface area contributed by atoms with Crippen molar-refractivity contribution in [2.45, 2.75) is 13.3 Å². The molecule has 6 atom stereocenters. The molecule has 7 rings (SSSR count). The number of aryl methyl sites for hydroxylation is 1. The molecular weight excluding hydrogens is 416 g/mol. The van der Waals surface area contributed by atoms with E-state index < -0.39 is 0 Å². The third kappa shape index (κ3) is 3.04. The van der Waals surface area contributed by atoms with Crippen molar-refractivity contribution in [2.24, 2.45) is 35.5 Å². The lowest BCUT2D eigenvalue weighted by Gasteiger charge is -2.37. The first-order valence-corrected chi connectivity index (χ1v) is 11.5. The molecule has 1 aliphatic heterocycles. The second-order valence-electron chi connectivity index (χ2n) is 9.70. The van der Waals surface area contributed by atoms with Crippen LogP contribution >= 0.6 is 0 Å². The van der Waals surface area contributed by atoms with Crippen LogP contribution in [0.5, 0.6) is 5.75 Å². The summed E-state index contributed by atoms with van der Waals surface area (Å²) >= 11 is 0. The van der Waals surface area contributed by atoms with Crippen LogP contribution in [0.15, 0.2) is 60.7 Å². The molecule has 6 heteroatoms. The Kier molecular flexibility index (Phi) is 4.47. The number of nitrogens with zero attached hydrogens (tertiary/aromatic N) is 2. The van der Waals surface area contributed by atoms with Crippen molar-refractivity contribution in [1.29, 1.82) is 0 Å². The number of benzene rings is 2. The highest BCUT2D eigenvalue weighted by atomic mass is 16.5. The Morgan fingerprint density at radius 2 is 1.64 bits per heavy atom. The highest BCUT2D eigenvalue weighted by Gasteiger charge is 2.67. The first-order chi connectivity index (χ1) is 16.0. The summed E-state index contributed by atoms with van der Waals surface area (Å²) < 4.78 is 5.29. The zero-order valence-corrected chi connectivity index (χ0v) is 18.7. The van der Waals surface area contributed by atoms with Crippen LogP contribution in [-0.2, 0) is 9.59 Å². The van der Waals surface area contributed by atoms with E-state index >= 15 is 0 Å². The van der Waals surface area contributed by atoms with Gasteiger partial charge in [0.15, 0.2) is 0 Å². The summed E-state index contributed by atoms with van der Waals surface area (Å²) in [5, 5.41) is 0. The largest absolute Gasteiger partial charge is 0.497 e. The molecule has 168 valence electrons. The number of imide groups is 1. The fraction of sp³-hybridized carbons (Fsp3) is 0.370. The van der Waals surface area contributed by atoms with E-state index in [1.807, 2.05) is 31.2 Å². The van der Waals surface area contributed by atoms with Crippen LogP contribution in [0.3, 0.4) is 0 Å². The normalized spacial score (nSPS) is 30.8. The van der Waals surface area contributed by atoms with Crippen molar-refractivity contribution in [3.63, 3.8) is 0 Å². The van der Waals surface area contributed by atoms with Crippen molar-refractivity contribution >= 4 is 23.4 Å². The van der Waals surface area contributed by atoms with Crippen molar-refractivity contribution < 1.29 is 19.1 Å². The molecule has 1 saturated heterocycles. The topological polar surface area (TPSA) is 66.9 Å². The summed E-state index contributed by atoms with van der Waals surface area (Å²) in [7, 11) is 1.55. The minimum absolute atomic E-state index is 0.0848. The first-order valence-electron chi connectivity index (χ1n) is 11.5. The molecule has 0 unspecified atom stereocenters. The minimum atomic E-state index is -0.280. The predicted molar refractivity (Wildman–Crippen MR) is 122 cm³/mol. The second kappa shape index (κ2) is 7.30. The zero-order chi connectivity index (χ0) is 22.9. The molecule has 2 aromatic carbocycles. The lowest BCUT2D eigenvalue weighted by molar-refractivity contribution is -0.140. The minimum Gasteiger partial charge on any atom is -0.497 e. The van der Waals surface area contributed by atoms with Crippen molar-refractivity contribution in [3.05, 3.63) is 71.8 Å². The van der Waals surface area contributed by atoms with Gasteiger partial charge in [0.05, 0.1) is 18.9 Å². The first kappa shape index (κ1) is 20.2. The molecule has 33 heavy (non-hydrogen) atoms. The number of carbonyl (C=O) groups excluding carboxylic acids is 3. The highest BCUT2D eigenvalue weighted by molar-refractivity contribution is 6.10. The van der Waals surface area contributed by atoms with Gasteiger partial charge in [-0.25, -0.2) is 0 Å². The Labute approximate surface area is 192 Å². The van der Waals surface area contributed by atoms with Crippen LogP contribution in [0.25, 0.3) is 0 Å². The molecule has 1 heterocycles. The van der Waals surface area contributed by atoms with E-state index in [9.17, 15) is 14.4 Å². The lowest BCUT2D eigenvalue weighted by Crippen LogP contribution is -2.45. The monoisotopic (exact) mass is 442 g/mol. The van der Waals surface area contributed by atoms with Crippen molar-refractivity contribution in [1.82, 2.24) is 4.90 Å². The molecule has 0 aromatic heterocycles. The number of hydrogen-bond donors (Lipinski definition) is 0. The predicted octanol–water partition coefficient (Wildman–Crippen LogP) is 3.66. The van der Waals surface area contributed by atoms with E-state index in [0.29, 0.717) is 28.8 Å². The molecule has 3 amide bonds. The molecule has 0 radical (unpaired) electrons. The Hall–Kier alpha value is -3.41. The lowest BCUT2D eigenvalue weighted by atomic mass is 9.63. The van der Waals surface area contributed by atoms with Gasteiger partial charge in [0, 0.05) is 11.3 Å². The molecule has 2 bridgehead atoms. The summed E-state index contributed by atoms with van der Waals surface area (Å²) in [5.74, 6) is 0.889. The van der Waals surface area contributed by atoms with Crippen LogP contribution in [0.4, 0.5) is 5.69 Å². The van der Waals surface area contributed by atoms with Crippen LogP contribution < -0.4 is 9.64 Å². The molecule has 6 nitrogen and oxygen atoms in total. The van der Waals surface area contributed by atoms with E-state index in [1.165, 1.54) is 9.80 Å². The van der Waals surface area contributed by atoms with Gasteiger partial charge in [-0.1, -0.05) is 35.9 Å². The maximum absolute atomic E-state index is 13.6. The maximum atomic E-state index is 13.6. The van der Waals surface area contributed by atoms with Gasteiger partial charge < -0.3 is 4.74 Å². The number of likely N-dealkylation sites (tertiary alicyclic amines) is 1. The molecule has 3 fully saturated rings. The van der Waals surface area contributed by atoms with Gasteiger partial charge >= 0.3 is 0 Å². The summed E-state index contributed by atoms with van der Waals surface area (Å²) in [6.45, 7) is 1.89. The Morgan fingerprint density at radius 1 is 1.00 bits per heavy atom. The average molecular weight is 443 g/mol. The molecule has 2 aromatic rings. The number of methoxy groups -OCH3 is 1. The summed E-state index contributed by atoms with van der Waals surface area (Å²) in [6.07, 6.45) is 5.45. The van der Waals surface area contributed by atoms with Gasteiger partial charge in [-0.2, -0.15) is 0 Å². The van der Waals surface area contributed by atoms with Gasteiger partial charge in [-0.15, -0.1) is 0 Å². The Bertz CT molecular complexity index is 1150. The smallest absolute Gasteiger partial charge is 0.259 e. The second-order valence-corrected chi connectivity index (χ2v) is 9.70. The van der Waals surface area contributed by atoms with Crippen LogP contribution in [0.2, 0.25) is 0 Å². The Morgan fingerprint density at radius 3 is 2.24 bits per heavy atom. The van der Waals surface area contributed by atoms with Gasteiger partial charge in [0.2, 0.25) is 11.8 Å². The van der Waals surface area contributed by atoms with Gasteiger partial charge in [0.25, 0.3) is 5.91 Å². The van der Waals surface area contributed by atoms with E-state index in [0.717, 1.165) is 12.0 Å². The van der Waals surface area contributed by atoms with Crippen molar-refractivity contribution in [2.75, 3.05) is 18.7 Å². The van der Waals surface area contributed by atoms with E-state index in [4.69, 9.17) is 4.74 Å². The number of amides is 3. The third-order valence-electron chi connectivity index (χ3n) is 7.94. The van der Waals surface area contributed by atoms with Gasteiger partial charge in [-0.05, 0) is 67.3 Å². The standard InChI is InChI=1S/C27H26N2O4/c1-15-6-8-17(9-7-15)28(25(30)16-4-3-5-18(12-16)33-2)14-29-26(31)23-19-10-11-20(22-13-21(19)22)24(23)27(29)32/h3-12,19-24H,13-14H2,1-2H3/t19-,20-,21-,22+,23-,24+/m0/s1. The van der Waals surface area contributed by atoms with Crippen LogP contribution in [0.1, 0.15) is 22.3 Å². The fourth-order valence-corrected chi connectivity index (χ4v) is 6.20. The van der Waals surface area contributed by atoms with Crippen LogP contribution in [-0.4, -0.2) is 36.4 Å². The van der Waals surface area contributed by atoms with E-state index in [-0.39, 0.29) is 48.1 Å². The van der Waals surface area contributed by atoms with E-state index in [1.54, 1.807) is 31.4 Å². The molecule has 2 saturated carbocycles. The van der Waals surface area contributed by atoms with Crippen molar-refractivity contribution in [3.8, 4) is 5.75 Å². The number of hydrogen-bond acceptors (Lipinski definition) is 4. The SMILES string of the molecule is COc1cccc(C(=O)N(CN2C(=O)[C@@H]3[C@H]4C=C[C@@H]([C@@H]5C[C@H]45)[C@@H]3C2=O)c2ccc(C)cc2)c1. The average Bonchev–Trinajstić information content (AvgIpc) is 3.63. The Balaban J connectivity index is 1.34. The third-order valence-corrected chi connectivity index (χ3v) is 7.94. The summed E-state index contributed by atoms with van der Waals surface area (Å²) in [6, 6.07) is 14.5. The number of ether oxygens (including phenoxy) is 1. The highest BCUT2D eigenvalue weighted by Crippen LogP contribution is 2.65. The number of anilines is 1. The number of rotatable bonds is 5. The molecule has 0 N–H and O–H groups in total. The molecule has 4 aliphatic carbocycles. The number of allylic oxidation sites excluding steroid dienone is 2. The summed E-state index contributed by atoms with van der Waals surface area (Å²) in [4.78, 5) is 43.5.